The molecule has 0 aliphatic carbocycles. The second-order valence-electron chi connectivity index (χ2n) is 5.75. The van der Waals surface area contributed by atoms with E-state index in [0.717, 1.165) is 22.6 Å². The Bertz CT molecular complexity index is 942. The summed E-state index contributed by atoms with van der Waals surface area (Å²) in [6, 6.07) is 12.9. The van der Waals surface area contributed by atoms with Crippen molar-refractivity contribution < 1.29 is 9.84 Å². The zero-order valence-corrected chi connectivity index (χ0v) is 14.3. The van der Waals surface area contributed by atoms with Crippen LogP contribution in [0.15, 0.2) is 47.3 Å². The SMILES string of the molecule is COc1c(C)cc(-c2c(O)nc(Nc3ccccc3)[nH]c2=O)cc1C. The molecule has 0 bridgehead atoms. The summed E-state index contributed by atoms with van der Waals surface area (Å²) in [6.45, 7) is 3.78. The number of para-hydroxylation sites is 1. The first-order chi connectivity index (χ1) is 12.0. The molecule has 1 heterocycles. The Labute approximate surface area is 145 Å². The highest BCUT2D eigenvalue weighted by Gasteiger charge is 2.16. The second-order valence-corrected chi connectivity index (χ2v) is 5.75. The molecule has 0 saturated heterocycles. The van der Waals surface area contributed by atoms with Gasteiger partial charge in [-0.1, -0.05) is 18.2 Å². The van der Waals surface area contributed by atoms with E-state index in [4.69, 9.17) is 4.74 Å². The molecule has 2 aromatic carbocycles. The largest absolute Gasteiger partial charge is 0.496 e. The van der Waals surface area contributed by atoms with Crippen LogP contribution in [0.1, 0.15) is 11.1 Å². The molecule has 0 saturated carbocycles. The number of hydrogen-bond donors (Lipinski definition) is 3. The van der Waals surface area contributed by atoms with E-state index in [9.17, 15) is 9.90 Å². The van der Waals surface area contributed by atoms with Crippen LogP contribution in [0.5, 0.6) is 11.6 Å². The van der Waals surface area contributed by atoms with E-state index in [0.29, 0.717) is 5.56 Å². The third-order valence-corrected chi connectivity index (χ3v) is 3.89. The highest BCUT2D eigenvalue weighted by Crippen LogP contribution is 2.31. The molecule has 3 N–H and O–H groups in total. The number of nitrogens with one attached hydrogen (secondary N) is 2. The van der Waals surface area contributed by atoms with Crippen molar-refractivity contribution in [1.29, 1.82) is 0 Å². The van der Waals surface area contributed by atoms with Crippen LogP contribution in [0.3, 0.4) is 0 Å². The number of ether oxygens (including phenoxy) is 1. The highest BCUT2D eigenvalue weighted by atomic mass is 16.5. The minimum Gasteiger partial charge on any atom is -0.496 e. The van der Waals surface area contributed by atoms with Crippen molar-refractivity contribution in [1.82, 2.24) is 9.97 Å². The number of H-pyrrole nitrogens is 1. The molecule has 0 radical (unpaired) electrons. The van der Waals surface area contributed by atoms with Gasteiger partial charge >= 0.3 is 0 Å². The maximum atomic E-state index is 12.5. The van der Waals surface area contributed by atoms with Crippen LogP contribution in [0.25, 0.3) is 11.1 Å². The predicted molar refractivity (Wildman–Crippen MR) is 97.7 cm³/mol. The fourth-order valence-corrected chi connectivity index (χ4v) is 2.86. The van der Waals surface area contributed by atoms with Crippen LogP contribution in [0, 0.1) is 13.8 Å². The second kappa shape index (κ2) is 6.68. The van der Waals surface area contributed by atoms with E-state index >= 15 is 0 Å². The van der Waals surface area contributed by atoms with Crippen LogP contribution in [-0.2, 0) is 0 Å². The van der Waals surface area contributed by atoms with E-state index in [1.807, 2.05) is 44.2 Å². The molecule has 128 valence electrons. The summed E-state index contributed by atoms with van der Waals surface area (Å²) in [7, 11) is 1.60. The van der Waals surface area contributed by atoms with Crippen molar-refractivity contribution in [2.45, 2.75) is 13.8 Å². The number of methoxy groups -OCH3 is 1. The Morgan fingerprint density at radius 1 is 1.12 bits per heavy atom. The summed E-state index contributed by atoms with van der Waals surface area (Å²) >= 11 is 0. The molecular formula is C19H19N3O3. The molecular weight excluding hydrogens is 318 g/mol. The monoisotopic (exact) mass is 337 g/mol. The number of rotatable bonds is 4. The topological polar surface area (TPSA) is 87.2 Å². The smallest absolute Gasteiger partial charge is 0.264 e. The van der Waals surface area contributed by atoms with Crippen LogP contribution in [-0.4, -0.2) is 22.2 Å². The van der Waals surface area contributed by atoms with Gasteiger partial charge in [-0.3, -0.25) is 9.78 Å². The van der Waals surface area contributed by atoms with Gasteiger partial charge in [-0.15, -0.1) is 0 Å². The van der Waals surface area contributed by atoms with Crippen LogP contribution in [0.4, 0.5) is 11.6 Å². The molecule has 3 aromatic rings. The first-order valence-corrected chi connectivity index (χ1v) is 7.80. The average Bonchev–Trinajstić information content (AvgIpc) is 2.55. The number of nitrogens with zero attached hydrogens (tertiary/aromatic N) is 1. The molecule has 3 rings (SSSR count). The van der Waals surface area contributed by atoms with Gasteiger partial charge in [-0.2, -0.15) is 4.98 Å². The van der Waals surface area contributed by atoms with E-state index in [1.54, 1.807) is 19.2 Å². The number of benzene rings is 2. The lowest BCUT2D eigenvalue weighted by Crippen LogP contribution is -2.13. The van der Waals surface area contributed by atoms with Crippen LogP contribution < -0.4 is 15.6 Å². The summed E-state index contributed by atoms with van der Waals surface area (Å²) < 4.78 is 5.34. The van der Waals surface area contributed by atoms with Crippen LogP contribution >= 0.6 is 0 Å². The molecule has 0 fully saturated rings. The first kappa shape index (κ1) is 16.6. The van der Waals surface area contributed by atoms with Gasteiger partial charge in [0.25, 0.3) is 5.56 Å². The molecule has 6 nitrogen and oxygen atoms in total. The van der Waals surface area contributed by atoms with Gasteiger partial charge in [0.15, 0.2) is 0 Å². The van der Waals surface area contributed by atoms with Crippen molar-refractivity contribution in [3.8, 4) is 22.8 Å². The molecule has 1 aromatic heterocycles. The molecule has 0 spiro atoms. The molecule has 0 amide bonds. The van der Waals surface area contributed by atoms with Crippen LogP contribution in [0.2, 0.25) is 0 Å². The van der Waals surface area contributed by atoms with Gasteiger partial charge in [0, 0.05) is 5.69 Å². The first-order valence-electron chi connectivity index (χ1n) is 7.80. The fourth-order valence-electron chi connectivity index (χ4n) is 2.86. The molecule has 0 aliphatic rings. The summed E-state index contributed by atoms with van der Waals surface area (Å²) in [5, 5.41) is 13.3. The van der Waals surface area contributed by atoms with Gasteiger partial charge in [0.1, 0.15) is 11.3 Å². The van der Waals surface area contributed by atoms with E-state index in [2.05, 4.69) is 15.3 Å². The minimum absolute atomic E-state index is 0.132. The lowest BCUT2D eigenvalue weighted by atomic mass is 10.0. The summed E-state index contributed by atoms with van der Waals surface area (Å²) in [5.74, 6) is 0.612. The maximum Gasteiger partial charge on any atom is 0.264 e. The van der Waals surface area contributed by atoms with Gasteiger partial charge in [0.05, 0.1) is 7.11 Å². The summed E-state index contributed by atoms with van der Waals surface area (Å²) in [5.41, 5.74) is 2.81. The number of anilines is 2. The lowest BCUT2D eigenvalue weighted by molar-refractivity contribution is 0.408. The van der Waals surface area contributed by atoms with E-state index in [-0.39, 0.29) is 17.4 Å². The van der Waals surface area contributed by atoms with Crippen molar-refractivity contribution >= 4 is 11.6 Å². The predicted octanol–water partition coefficient (Wildman–Crippen LogP) is 3.51. The number of aromatic hydroxyl groups is 1. The van der Waals surface area contributed by atoms with Gasteiger partial charge < -0.3 is 15.2 Å². The van der Waals surface area contributed by atoms with Crippen molar-refractivity contribution in [3.05, 3.63) is 63.9 Å². The Kier molecular flexibility index (Phi) is 4.43. The summed E-state index contributed by atoms with van der Waals surface area (Å²) in [6.07, 6.45) is 0. The molecule has 0 unspecified atom stereocenters. The zero-order valence-electron chi connectivity index (χ0n) is 14.3. The average molecular weight is 337 g/mol. The van der Waals surface area contributed by atoms with Gasteiger partial charge in [-0.25, -0.2) is 0 Å². The quantitative estimate of drug-likeness (QED) is 0.678. The Morgan fingerprint density at radius 3 is 2.32 bits per heavy atom. The van der Waals surface area contributed by atoms with Gasteiger partial charge in [0.2, 0.25) is 11.8 Å². The Morgan fingerprint density at radius 2 is 1.76 bits per heavy atom. The Balaban J connectivity index is 2.03. The highest BCUT2D eigenvalue weighted by molar-refractivity contribution is 5.71. The molecule has 25 heavy (non-hydrogen) atoms. The van der Waals surface area contributed by atoms with Gasteiger partial charge in [-0.05, 0) is 54.8 Å². The van der Waals surface area contributed by atoms with Crippen molar-refractivity contribution in [3.63, 3.8) is 0 Å². The maximum absolute atomic E-state index is 12.5. The normalized spacial score (nSPS) is 10.5. The molecule has 6 heteroatoms. The zero-order chi connectivity index (χ0) is 18.0. The fraction of sp³-hybridized carbons (Fsp3) is 0.158. The third kappa shape index (κ3) is 3.33. The van der Waals surface area contributed by atoms with Crippen molar-refractivity contribution in [2.75, 3.05) is 12.4 Å². The number of aromatic amines is 1. The third-order valence-electron chi connectivity index (χ3n) is 3.89. The Hall–Kier alpha value is -3.28. The molecule has 0 aliphatic heterocycles. The summed E-state index contributed by atoms with van der Waals surface area (Å²) in [4.78, 5) is 19.2. The standard InChI is InChI=1S/C19H19N3O3/c1-11-9-13(10-12(2)16(11)25-3)15-17(23)21-19(22-18(15)24)20-14-7-5-4-6-8-14/h4-10H,1-3H3,(H3,20,21,22,23,24). The van der Waals surface area contributed by atoms with E-state index in [1.165, 1.54) is 0 Å². The van der Waals surface area contributed by atoms with Crippen molar-refractivity contribution in [2.24, 2.45) is 0 Å². The lowest BCUT2D eigenvalue weighted by Gasteiger charge is -2.12. The minimum atomic E-state index is -0.421. The number of hydrogen-bond acceptors (Lipinski definition) is 5. The molecule has 0 atom stereocenters. The van der Waals surface area contributed by atoms with E-state index < -0.39 is 5.56 Å². The number of aryl methyl sites for hydroxylation is 2. The number of aromatic nitrogens is 2.